The Kier molecular flexibility index (Phi) is 8.19. The number of hydrogen-bond acceptors (Lipinski definition) is 3. The second-order valence-electron chi connectivity index (χ2n) is 9.53. The molecular weight excluding hydrogens is 429 g/mol. The van der Waals surface area contributed by atoms with Crippen molar-refractivity contribution in [2.45, 2.75) is 39.0 Å². The van der Waals surface area contributed by atoms with E-state index in [1.54, 1.807) is 25.1 Å². The summed E-state index contributed by atoms with van der Waals surface area (Å²) < 4.78 is 40.1. The van der Waals surface area contributed by atoms with E-state index < -0.39 is 17.8 Å². The van der Waals surface area contributed by atoms with E-state index in [1.807, 2.05) is 36.9 Å². The molecule has 1 aliphatic heterocycles. The van der Waals surface area contributed by atoms with Crippen LogP contribution >= 0.6 is 0 Å². The maximum Gasteiger partial charge on any atom is 0.416 e. The fraction of sp³-hybridized carbons (Fsp3) is 0.500. The zero-order chi connectivity index (χ0) is 24.2. The van der Waals surface area contributed by atoms with Crippen molar-refractivity contribution >= 4 is 5.91 Å². The Balaban J connectivity index is 1.89. The van der Waals surface area contributed by atoms with Crippen molar-refractivity contribution in [2.24, 2.45) is 11.8 Å². The summed E-state index contributed by atoms with van der Waals surface area (Å²) in [6.07, 6.45) is -4.94. The highest BCUT2D eigenvalue weighted by molar-refractivity contribution is 5.94. The molecule has 2 aromatic rings. The van der Waals surface area contributed by atoms with E-state index in [2.05, 4.69) is 4.90 Å². The van der Waals surface area contributed by atoms with Crippen molar-refractivity contribution in [3.05, 3.63) is 71.3 Å². The first kappa shape index (κ1) is 25.2. The number of β-amino-alcohol motifs (C(OH)–C–C–N with tert-alkyl or cyclic N) is 1. The molecular formula is C26H33F3N2O2. The molecule has 3 rings (SSSR count). The van der Waals surface area contributed by atoms with Crippen LogP contribution in [0.1, 0.15) is 48.2 Å². The molecule has 3 atom stereocenters. The number of nitrogens with zero attached hydrogens (tertiary/aromatic N) is 2. The molecule has 4 nitrogen and oxygen atoms in total. The van der Waals surface area contributed by atoms with Gasteiger partial charge in [-0.3, -0.25) is 9.69 Å². The molecule has 1 fully saturated rings. The minimum absolute atomic E-state index is 0.0429. The number of carbonyl (C=O) groups is 1. The highest BCUT2D eigenvalue weighted by Gasteiger charge is 2.38. The van der Waals surface area contributed by atoms with Gasteiger partial charge in [-0.2, -0.15) is 13.2 Å². The van der Waals surface area contributed by atoms with Crippen LogP contribution in [-0.4, -0.2) is 59.6 Å². The van der Waals surface area contributed by atoms with Crippen molar-refractivity contribution in [1.29, 1.82) is 0 Å². The third kappa shape index (κ3) is 6.81. The maximum atomic E-state index is 13.4. The number of benzene rings is 2. The number of hydrogen-bond donors (Lipinski definition) is 1. The average molecular weight is 463 g/mol. The third-order valence-corrected chi connectivity index (χ3v) is 6.03. The Bertz CT molecular complexity index is 915. The molecule has 3 unspecified atom stereocenters. The van der Waals surface area contributed by atoms with Crippen molar-refractivity contribution in [3.63, 3.8) is 0 Å². The fourth-order valence-corrected chi connectivity index (χ4v) is 4.72. The number of aliphatic hydroxyl groups excluding tert-OH is 1. The zero-order valence-corrected chi connectivity index (χ0v) is 19.4. The molecule has 0 aromatic heterocycles. The third-order valence-electron chi connectivity index (χ3n) is 6.03. The van der Waals surface area contributed by atoms with Crippen LogP contribution in [0.2, 0.25) is 0 Å². The largest absolute Gasteiger partial charge is 0.416 e. The van der Waals surface area contributed by atoms with Crippen molar-refractivity contribution in [3.8, 4) is 0 Å². The van der Waals surface area contributed by atoms with Gasteiger partial charge >= 0.3 is 6.18 Å². The predicted octanol–water partition coefficient (Wildman–Crippen LogP) is 4.90. The van der Waals surface area contributed by atoms with Gasteiger partial charge in [0, 0.05) is 44.2 Å². The molecule has 0 spiro atoms. The Morgan fingerprint density at radius 3 is 2.39 bits per heavy atom. The summed E-state index contributed by atoms with van der Waals surface area (Å²) in [5, 5.41) is 9.89. The summed E-state index contributed by atoms with van der Waals surface area (Å²) in [6, 6.07) is 14.6. The summed E-state index contributed by atoms with van der Waals surface area (Å²) in [4.78, 5) is 17.2. The van der Waals surface area contributed by atoms with Gasteiger partial charge in [-0.25, -0.2) is 0 Å². The summed E-state index contributed by atoms with van der Waals surface area (Å²) in [5.74, 6) is -0.0244. The Hall–Kier alpha value is -2.38. The standard InChI is InChI=1S/C26H33F3N2O2/c1-18(2)13-31(25(33)20-8-5-4-6-9-20)16-22-15-30(14-19(3)32)17-24(22)21-10-7-11-23(12-21)26(27,28)29/h4-12,18-19,22,24,32H,13-17H2,1-3H3. The van der Waals surface area contributed by atoms with E-state index in [-0.39, 0.29) is 23.7 Å². The van der Waals surface area contributed by atoms with E-state index in [4.69, 9.17) is 0 Å². The summed E-state index contributed by atoms with van der Waals surface area (Å²) in [5.41, 5.74) is 0.569. The summed E-state index contributed by atoms with van der Waals surface area (Å²) in [6.45, 7) is 8.42. The van der Waals surface area contributed by atoms with Crippen LogP contribution < -0.4 is 0 Å². The van der Waals surface area contributed by atoms with E-state index in [0.29, 0.717) is 43.9 Å². The molecule has 0 radical (unpaired) electrons. The number of halogens is 3. The van der Waals surface area contributed by atoms with Crippen LogP contribution in [0.5, 0.6) is 0 Å². The molecule has 1 N–H and O–H groups in total. The van der Waals surface area contributed by atoms with Crippen LogP contribution in [0.15, 0.2) is 54.6 Å². The second kappa shape index (κ2) is 10.7. The predicted molar refractivity (Wildman–Crippen MR) is 123 cm³/mol. The molecule has 180 valence electrons. The number of amides is 1. The number of rotatable bonds is 8. The highest BCUT2D eigenvalue weighted by Crippen LogP contribution is 2.37. The first-order valence-corrected chi connectivity index (χ1v) is 11.5. The van der Waals surface area contributed by atoms with Crippen molar-refractivity contribution < 1.29 is 23.1 Å². The Morgan fingerprint density at radius 2 is 1.79 bits per heavy atom. The molecule has 33 heavy (non-hydrogen) atoms. The lowest BCUT2D eigenvalue weighted by atomic mass is 9.87. The smallest absolute Gasteiger partial charge is 0.392 e. The fourth-order valence-electron chi connectivity index (χ4n) is 4.72. The topological polar surface area (TPSA) is 43.8 Å². The van der Waals surface area contributed by atoms with E-state index >= 15 is 0 Å². The molecule has 7 heteroatoms. The number of alkyl halides is 3. The molecule has 1 heterocycles. The maximum absolute atomic E-state index is 13.4. The summed E-state index contributed by atoms with van der Waals surface area (Å²) >= 11 is 0. The van der Waals surface area contributed by atoms with Gasteiger partial charge in [0.15, 0.2) is 0 Å². The lowest BCUT2D eigenvalue weighted by Crippen LogP contribution is -2.40. The van der Waals surface area contributed by atoms with Crippen LogP contribution in [0.25, 0.3) is 0 Å². The lowest BCUT2D eigenvalue weighted by Gasteiger charge is -2.30. The normalized spacial score (nSPS) is 20.2. The van der Waals surface area contributed by atoms with Gasteiger partial charge in [0.05, 0.1) is 11.7 Å². The van der Waals surface area contributed by atoms with Gasteiger partial charge in [-0.15, -0.1) is 0 Å². The summed E-state index contributed by atoms with van der Waals surface area (Å²) in [7, 11) is 0. The first-order valence-electron chi connectivity index (χ1n) is 11.5. The average Bonchev–Trinajstić information content (AvgIpc) is 3.14. The molecule has 0 saturated carbocycles. The van der Waals surface area contributed by atoms with Gasteiger partial charge in [0.1, 0.15) is 0 Å². The molecule has 2 aromatic carbocycles. The van der Waals surface area contributed by atoms with Crippen molar-refractivity contribution in [2.75, 3.05) is 32.7 Å². The number of likely N-dealkylation sites (tertiary alicyclic amines) is 1. The molecule has 1 saturated heterocycles. The van der Waals surface area contributed by atoms with E-state index in [1.165, 1.54) is 12.1 Å². The molecule has 1 amide bonds. The Morgan fingerprint density at radius 1 is 1.09 bits per heavy atom. The van der Waals surface area contributed by atoms with Gasteiger partial charge in [0.25, 0.3) is 5.91 Å². The second-order valence-corrected chi connectivity index (χ2v) is 9.53. The van der Waals surface area contributed by atoms with Gasteiger partial charge in [-0.05, 0) is 42.5 Å². The van der Waals surface area contributed by atoms with Crippen LogP contribution in [0.3, 0.4) is 0 Å². The minimum atomic E-state index is -4.41. The Labute approximate surface area is 194 Å². The molecule has 1 aliphatic rings. The SMILES string of the molecule is CC(C)CN(CC1CN(CC(C)O)CC1c1cccc(C(F)(F)F)c1)C(=O)c1ccccc1. The van der Waals surface area contributed by atoms with Gasteiger partial charge in [0.2, 0.25) is 0 Å². The monoisotopic (exact) mass is 462 g/mol. The minimum Gasteiger partial charge on any atom is -0.392 e. The quantitative estimate of drug-likeness (QED) is 0.607. The van der Waals surface area contributed by atoms with Crippen molar-refractivity contribution in [1.82, 2.24) is 9.80 Å². The lowest BCUT2D eigenvalue weighted by molar-refractivity contribution is -0.137. The van der Waals surface area contributed by atoms with E-state index in [9.17, 15) is 23.1 Å². The molecule has 0 aliphatic carbocycles. The van der Waals surface area contributed by atoms with Gasteiger partial charge in [-0.1, -0.05) is 50.2 Å². The molecule has 0 bridgehead atoms. The van der Waals surface area contributed by atoms with Crippen LogP contribution in [0, 0.1) is 11.8 Å². The zero-order valence-electron chi connectivity index (χ0n) is 19.4. The van der Waals surface area contributed by atoms with Crippen LogP contribution in [-0.2, 0) is 6.18 Å². The first-order chi connectivity index (χ1) is 15.5. The van der Waals surface area contributed by atoms with Gasteiger partial charge < -0.3 is 10.0 Å². The number of aliphatic hydroxyl groups is 1. The van der Waals surface area contributed by atoms with Crippen LogP contribution in [0.4, 0.5) is 13.2 Å². The highest BCUT2D eigenvalue weighted by atomic mass is 19.4. The van der Waals surface area contributed by atoms with E-state index in [0.717, 1.165) is 6.07 Å². The number of carbonyl (C=O) groups excluding carboxylic acids is 1.